The molecule has 3 atom stereocenters. The Labute approximate surface area is 147 Å². The predicted molar refractivity (Wildman–Crippen MR) is 91.9 cm³/mol. The third kappa shape index (κ3) is 3.28. The number of carboxylic acids is 1. The molecule has 5 nitrogen and oxygen atoms in total. The first-order valence-electron chi connectivity index (χ1n) is 8.41. The van der Waals surface area contributed by atoms with Gasteiger partial charge in [-0.05, 0) is 43.4 Å². The van der Waals surface area contributed by atoms with E-state index in [9.17, 15) is 14.7 Å². The first-order chi connectivity index (χ1) is 11.4. The topological polar surface area (TPSA) is 69.6 Å². The van der Waals surface area contributed by atoms with E-state index >= 15 is 0 Å². The Hall–Kier alpha value is -1.59. The molecule has 1 aliphatic heterocycles. The van der Waals surface area contributed by atoms with E-state index in [1.807, 2.05) is 24.0 Å². The fourth-order valence-corrected chi connectivity index (χ4v) is 4.31. The van der Waals surface area contributed by atoms with Crippen LogP contribution in [0.1, 0.15) is 37.8 Å². The molecule has 2 N–H and O–H groups in total. The average molecular weight is 351 g/mol. The maximum absolute atomic E-state index is 12.3. The molecule has 1 saturated heterocycles. The molecular formula is C18H23ClN2O3. The predicted octanol–water partition coefficient (Wildman–Crippen LogP) is 2.70. The van der Waals surface area contributed by atoms with Gasteiger partial charge in [0.05, 0.1) is 18.0 Å². The minimum atomic E-state index is -0.706. The van der Waals surface area contributed by atoms with Crippen molar-refractivity contribution >= 4 is 23.5 Å². The summed E-state index contributed by atoms with van der Waals surface area (Å²) in [6.07, 6.45) is 2.66. The minimum Gasteiger partial charge on any atom is -0.481 e. The third-order valence-corrected chi connectivity index (χ3v) is 5.73. The van der Waals surface area contributed by atoms with Crippen LogP contribution in [0.25, 0.3) is 0 Å². The van der Waals surface area contributed by atoms with Crippen LogP contribution in [0.4, 0.5) is 0 Å². The van der Waals surface area contributed by atoms with Crippen LogP contribution < -0.4 is 5.32 Å². The summed E-state index contributed by atoms with van der Waals surface area (Å²) in [5.74, 6) is -0.600. The van der Waals surface area contributed by atoms with Gasteiger partial charge in [0.2, 0.25) is 5.91 Å². The van der Waals surface area contributed by atoms with E-state index < -0.39 is 11.4 Å². The van der Waals surface area contributed by atoms with Crippen LogP contribution in [0.3, 0.4) is 0 Å². The van der Waals surface area contributed by atoms with Crippen molar-refractivity contribution in [1.29, 1.82) is 0 Å². The zero-order chi connectivity index (χ0) is 17.3. The molecule has 1 aromatic carbocycles. The number of halogens is 1. The van der Waals surface area contributed by atoms with E-state index in [0.717, 1.165) is 24.8 Å². The zero-order valence-corrected chi connectivity index (χ0v) is 14.6. The highest BCUT2D eigenvalue weighted by atomic mass is 35.5. The van der Waals surface area contributed by atoms with Gasteiger partial charge in [-0.15, -0.1) is 0 Å². The molecule has 1 aliphatic carbocycles. The van der Waals surface area contributed by atoms with Gasteiger partial charge >= 0.3 is 5.97 Å². The third-order valence-electron chi connectivity index (χ3n) is 5.48. The lowest BCUT2D eigenvalue weighted by atomic mass is 9.81. The number of carbonyl (C=O) groups is 2. The van der Waals surface area contributed by atoms with Gasteiger partial charge in [-0.3, -0.25) is 14.5 Å². The summed E-state index contributed by atoms with van der Waals surface area (Å²) in [5.41, 5.74) is 0.357. The Kier molecular flexibility index (Phi) is 4.83. The number of hydrogen-bond acceptors (Lipinski definition) is 3. The van der Waals surface area contributed by atoms with Crippen LogP contribution in [-0.4, -0.2) is 41.5 Å². The molecule has 1 heterocycles. The summed E-state index contributed by atoms with van der Waals surface area (Å²) < 4.78 is 0. The Morgan fingerprint density at radius 1 is 1.42 bits per heavy atom. The lowest BCUT2D eigenvalue weighted by Gasteiger charge is -2.23. The number of benzene rings is 1. The number of carboxylic acid groups (broad SMARTS) is 1. The van der Waals surface area contributed by atoms with Gasteiger partial charge in [-0.25, -0.2) is 0 Å². The van der Waals surface area contributed by atoms with Gasteiger partial charge in [0, 0.05) is 18.1 Å². The number of carbonyl (C=O) groups excluding carboxylic acids is 1. The standard InChI is InChI=1S/C18H23ClN2O3/c1-12(13-4-6-15(19)7-5-13)20-16(22)10-21-9-14-3-2-8-18(14,11-21)17(23)24/h4-7,12,14H,2-3,8-11H2,1H3,(H,20,22)(H,23,24)/t12?,14-,18+/m0/s1. The summed E-state index contributed by atoms with van der Waals surface area (Å²) in [6.45, 7) is 3.37. The van der Waals surface area contributed by atoms with Crippen molar-refractivity contribution in [1.82, 2.24) is 10.2 Å². The van der Waals surface area contributed by atoms with Crippen LogP contribution in [0.15, 0.2) is 24.3 Å². The lowest BCUT2D eigenvalue weighted by Crippen LogP contribution is -2.40. The molecule has 130 valence electrons. The second kappa shape index (κ2) is 6.73. The summed E-state index contributed by atoms with van der Waals surface area (Å²) in [5, 5.41) is 13.2. The van der Waals surface area contributed by atoms with Crippen molar-refractivity contribution in [3.8, 4) is 0 Å². The molecule has 6 heteroatoms. The second-order valence-electron chi connectivity index (χ2n) is 7.06. The van der Waals surface area contributed by atoms with E-state index in [1.54, 1.807) is 12.1 Å². The van der Waals surface area contributed by atoms with E-state index in [-0.39, 0.29) is 24.4 Å². The smallest absolute Gasteiger partial charge is 0.311 e. The quantitative estimate of drug-likeness (QED) is 0.856. The maximum atomic E-state index is 12.3. The van der Waals surface area contributed by atoms with E-state index in [1.165, 1.54) is 0 Å². The Morgan fingerprint density at radius 2 is 2.12 bits per heavy atom. The van der Waals surface area contributed by atoms with Gasteiger partial charge < -0.3 is 10.4 Å². The number of amides is 1. The van der Waals surface area contributed by atoms with Crippen molar-refractivity contribution in [3.05, 3.63) is 34.9 Å². The molecule has 3 rings (SSSR count). The lowest BCUT2D eigenvalue weighted by molar-refractivity contribution is -0.149. The highest BCUT2D eigenvalue weighted by Crippen LogP contribution is 2.48. The average Bonchev–Trinajstić information content (AvgIpc) is 3.05. The fraction of sp³-hybridized carbons (Fsp3) is 0.556. The number of nitrogens with one attached hydrogen (secondary N) is 1. The number of rotatable bonds is 5. The van der Waals surface area contributed by atoms with E-state index in [4.69, 9.17) is 11.6 Å². The van der Waals surface area contributed by atoms with E-state index in [2.05, 4.69) is 5.32 Å². The number of hydrogen-bond donors (Lipinski definition) is 2. The second-order valence-corrected chi connectivity index (χ2v) is 7.50. The summed E-state index contributed by atoms with van der Waals surface area (Å²) in [7, 11) is 0. The number of fused-ring (bicyclic) bond motifs is 1. The Morgan fingerprint density at radius 3 is 2.75 bits per heavy atom. The molecule has 1 saturated carbocycles. The van der Waals surface area contributed by atoms with Crippen LogP contribution in [0, 0.1) is 11.3 Å². The summed E-state index contributed by atoms with van der Waals surface area (Å²) >= 11 is 5.88. The first kappa shape index (κ1) is 17.2. The number of likely N-dealkylation sites (tertiary alicyclic amines) is 1. The van der Waals surface area contributed by atoms with Crippen LogP contribution in [-0.2, 0) is 9.59 Å². The monoisotopic (exact) mass is 350 g/mol. The number of nitrogens with zero attached hydrogens (tertiary/aromatic N) is 1. The molecular weight excluding hydrogens is 328 g/mol. The SMILES string of the molecule is CC(NC(=O)CN1C[C@@H]2CCC[C@@]2(C(=O)O)C1)c1ccc(Cl)cc1. The van der Waals surface area contributed by atoms with Crippen molar-refractivity contribution in [2.45, 2.75) is 32.2 Å². The molecule has 0 aromatic heterocycles. The van der Waals surface area contributed by atoms with Crippen molar-refractivity contribution in [3.63, 3.8) is 0 Å². The molecule has 1 aromatic rings. The molecule has 0 spiro atoms. The molecule has 0 bridgehead atoms. The Balaban J connectivity index is 1.56. The van der Waals surface area contributed by atoms with Crippen molar-refractivity contribution < 1.29 is 14.7 Å². The molecule has 1 amide bonds. The van der Waals surface area contributed by atoms with Gasteiger partial charge in [-0.2, -0.15) is 0 Å². The molecule has 0 radical (unpaired) electrons. The van der Waals surface area contributed by atoms with Crippen LogP contribution in [0.5, 0.6) is 0 Å². The van der Waals surface area contributed by atoms with Crippen LogP contribution >= 0.6 is 11.6 Å². The minimum absolute atomic E-state index is 0.0713. The highest BCUT2D eigenvalue weighted by molar-refractivity contribution is 6.30. The highest BCUT2D eigenvalue weighted by Gasteiger charge is 2.54. The molecule has 2 aliphatic rings. The Bertz CT molecular complexity index is 634. The van der Waals surface area contributed by atoms with E-state index in [0.29, 0.717) is 18.1 Å². The van der Waals surface area contributed by atoms with Crippen molar-refractivity contribution in [2.24, 2.45) is 11.3 Å². The molecule has 1 unspecified atom stereocenters. The number of aliphatic carboxylic acids is 1. The largest absolute Gasteiger partial charge is 0.481 e. The van der Waals surface area contributed by atoms with Gasteiger partial charge in [0.1, 0.15) is 0 Å². The fourth-order valence-electron chi connectivity index (χ4n) is 4.19. The van der Waals surface area contributed by atoms with Crippen LogP contribution in [0.2, 0.25) is 5.02 Å². The van der Waals surface area contributed by atoms with Gasteiger partial charge in [0.25, 0.3) is 0 Å². The maximum Gasteiger partial charge on any atom is 0.311 e. The first-order valence-corrected chi connectivity index (χ1v) is 8.79. The molecule has 2 fully saturated rings. The normalized spacial score (nSPS) is 27.7. The summed E-state index contributed by atoms with van der Waals surface area (Å²) in [4.78, 5) is 26.0. The zero-order valence-electron chi connectivity index (χ0n) is 13.8. The van der Waals surface area contributed by atoms with Gasteiger partial charge in [-0.1, -0.05) is 30.2 Å². The van der Waals surface area contributed by atoms with Gasteiger partial charge in [0.15, 0.2) is 0 Å². The summed E-state index contributed by atoms with van der Waals surface area (Å²) in [6, 6.07) is 7.29. The van der Waals surface area contributed by atoms with Crippen molar-refractivity contribution in [2.75, 3.05) is 19.6 Å². The molecule has 24 heavy (non-hydrogen) atoms.